The summed E-state index contributed by atoms with van der Waals surface area (Å²) in [6.07, 6.45) is 4.81. The van der Waals surface area contributed by atoms with Gasteiger partial charge < -0.3 is 20.1 Å². The Morgan fingerprint density at radius 3 is 1.96 bits per heavy atom. The van der Waals surface area contributed by atoms with E-state index in [1.807, 2.05) is 42.5 Å². The van der Waals surface area contributed by atoms with Crippen LogP contribution >= 0.6 is 0 Å². The highest BCUT2D eigenvalue weighted by atomic mass is 16.5. The number of ether oxygens (including phenoxy) is 2. The molecule has 0 unspecified atom stereocenters. The van der Waals surface area contributed by atoms with Crippen LogP contribution in [-0.2, 0) is 4.79 Å². The minimum Gasteiger partial charge on any atom is -0.497 e. The molecule has 0 saturated carbocycles. The molecular weight excluding hydrogens is 576 g/mol. The third kappa shape index (κ3) is 8.03. The molecule has 5 aromatic rings. The topological polar surface area (TPSA) is 93.7 Å². The highest BCUT2D eigenvalue weighted by Crippen LogP contribution is 2.26. The lowest BCUT2D eigenvalue weighted by Crippen LogP contribution is -2.30. The maximum atomic E-state index is 13.5. The van der Waals surface area contributed by atoms with Crippen LogP contribution in [0.2, 0.25) is 0 Å². The molecule has 0 atom stereocenters. The summed E-state index contributed by atoms with van der Waals surface area (Å²) in [5.74, 6) is -0.146. The highest BCUT2D eigenvalue weighted by molar-refractivity contribution is 6.11. The van der Waals surface area contributed by atoms with Crippen molar-refractivity contribution in [2.45, 2.75) is 0 Å². The Hall–Kier alpha value is -6.21. The number of methoxy groups -OCH3 is 2. The van der Waals surface area contributed by atoms with Crippen LogP contribution < -0.4 is 20.1 Å². The lowest BCUT2D eigenvalue weighted by atomic mass is 10.0. The van der Waals surface area contributed by atoms with Crippen molar-refractivity contribution in [2.24, 2.45) is 0 Å². The average Bonchev–Trinajstić information content (AvgIpc) is 3.11. The fourth-order valence-corrected chi connectivity index (χ4v) is 4.65. The fraction of sp³-hybridized carbons (Fsp3) is 0.0513. The van der Waals surface area contributed by atoms with E-state index in [2.05, 4.69) is 22.8 Å². The molecule has 0 aromatic heterocycles. The van der Waals surface area contributed by atoms with E-state index >= 15 is 0 Å². The third-order valence-electron chi connectivity index (χ3n) is 7.14. The van der Waals surface area contributed by atoms with E-state index in [0.717, 1.165) is 16.7 Å². The van der Waals surface area contributed by atoms with E-state index in [4.69, 9.17) is 9.47 Å². The number of benzene rings is 5. The van der Waals surface area contributed by atoms with Crippen molar-refractivity contribution < 1.29 is 23.9 Å². The molecule has 0 radical (unpaired) electrons. The van der Waals surface area contributed by atoms with Gasteiger partial charge in [-0.2, -0.15) is 0 Å². The number of rotatable bonds is 11. The minimum absolute atomic E-state index is 0.0122. The molecule has 2 N–H and O–H groups in total. The van der Waals surface area contributed by atoms with Gasteiger partial charge in [-0.25, -0.2) is 0 Å². The predicted octanol–water partition coefficient (Wildman–Crippen LogP) is 7.68. The normalized spacial score (nSPS) is 11.1. The summed E-state index contributed by atoms with van der Waals surface area (Å²) in [4.78, 5) is 39.4. The lowest BCUT2D eigenvalue weighted by molar-refractivity contribution is -0.113. The molecule has 0 saturated heterocycles. The quantitative estimate of drug-likeness (QED) is 0.119. The van der Waals surface area contributed by atoms with Crippen molar-refractivity contribution in [3.05, 3.63) is 161 Å². The van der Waals surface area contributed by atoms with Gasteiger partial charge >= 0.3 is 0 Å². The van der Waals surface area contributed by atoms with Gasteiger partial charge in [-0.05, 0) is 83.4 Å². The SMILES string of the molecule is COc1ccc(OC)c(/C=C(\NC(=O)c2ccccc2)C(=O)Nc2ccc(C(=O)/C=C/c3ccc(-c4ccccc4)cc3)cc2)c1. The summed E-state index contributed by atoms with van der Waals surface area (Å²) in [5, 5.41) is 5.52. The first kappa shape index (κ1) is 31.2. The van der Waals surface area contributed by atoms with E-state index in [9.17, 15) is 14.4 Å². The van der Waals surface area contributed by atoms with Gasteiger partial charge in [0, 0.05) is 22.4 Å². The number of hydrogen-bond acceptors (Lipinski definition) is 5. The summed E-state index contributed by atoms with van der Waals surface area (Å²) in [6, 6.07) is 38.3. The lowest BCUT2D eigenvalue weighted by Gasteiger charge is -2.13. The van der Waals surface area contributed by atoms with Crippen molar-refractivity contribution in [2.75, 3.05) is 19.5 Å². The van der Waals surface area contributed by atoms with Crippen LogP contribution in [0.25, 0.3) is 23.3 Å². The van der Waals surface area contributed by atoms with Crippen molar-refractivity contribution in [3.8, 4) is 22.6 Å². The molecular formula is C39H32N2O5. The third-order valence-corrected chi connectivity index (χ3v) is 7.14. The van der Waals surface area contributed by atoms with Gasteiger partial charge in [-0.1, -0.05) is 78.9 Å². The maximum absolute atomic E-state index is 13.5. The van der Waals surface area contributed by atoms with Crippen LogP contribution in [-0.4, -0.2) is 31.8 Å². The number of ketones is 1. The molecule has 5 rings (SSSR count). The van der Waals surface area contributed by atoms with Gasteiger partial charge in [0.15, 0.2) is 5.78 Å². The highest BCUT2D eigenvalue weighted by Gasteiger charge is 2.17. The van der Waals surface area contributed by atoms with E-state index < -0.39 is 11.8 Å². The van der Waals surface area contributed by atoms with Gasteiger partial charge in [0.1, 0.15) is 17.2 Å². The van der Waals surface area contributed by atoms with Crippen molar-refractivity contribution in [1.82, 2.24) is 5.32 Å². The van der Waals surface area contributed by atoms with E-state index in [1.54, 1.807) is 78.9 Å². The molecule has 7 heteroatoms. The summed E-state index contributed by atoms with van der Waals surface area (Å²) >= 11 is 0. The smallest absolute Gasteiger partial charge is 0.272 e. The molecule has 0 bridgehead atoms. The van der Waals surface area contributed by atoms with Crippen LogP contribution in [0, 0.1) is 0 Å². The number of anilines is 1. The first-order valence-electron chi connectivity index (χ1n) is 14.5. The van der Waals surface area contributed by atoms with Gasteiger partial charge in [0.05, 0.1) is 14.2 Å². The molecule has 0 fully saturated rings. The zero-order valence-electron chi connectivity index (χ0n) is 25.4. The largest absolute Gasteiger partial charge is 0.497 e. The zero-order valence-corrected chi connectivity index (χ0v) is 25.4. The Bertz CT molecular complexity index is 1880. The number of amides is 2. The Kier molecular flexibility index (Phi) is 10.2. The van der Waals surface area contributed by atoms with Gasteiger partial charge in [0.2, 0.25) is 0 Å². The summed E-state index contributed by atoms with van der Waals surface area (Å²) in [5.41, 5.74) is 4.95. The summed E-state index contributed by atoms with van der Waals surface area (Å²) in [6.45, 7) is 0. The van der Waals surface area contributed by atoms with Crippen LogP contribution in [0.15, 0.2) is 139 Å². The molecule has 0 aliphatic rings. The van der Waals surface area contributed by atoms with E-state index in [-0.39, 0.29) is 11.5 Å². The van der Waals surface area contributed by atoms with Gasteiger partial charge in [-0.3, -0.25) is 14.4 Å². The number of hydrogen-bond donors (Lipinski definition) is 2. The van der Waals surface area contributed by atoms with E-state index in [1.165, 1.54) is 26.4 Å². The van der Waals surface area contributed by atoms with Crippen molar-refractivity contribution in [1.29, 1.82) is 0 Å². The van der Waals surface area contributed by atoms with Crippen LogP contribution in [0.5, 0.6) is 11.5 Å². The number of carbonyl (C=O) groups excluding carboxylic acids is 3. The monoisotopic (exact) mass is 608 g/mol. The van der Waals surface area contributed by atoms with Gasteiger partial charge in [-0.15, -0.1) is 0 Å². The van der Waals surface area contributed by atoms with Crippen LogP contribution in [0.3, 0.4) is 0 Å². The molecule has 0 aliphatic heterocycles. The average molecular weight is 609 g/mol. The zero-order chi connectivity index (χ0) is 32.3. The molecule has 2 amide bonds. The molecule has 7 nitrogen and oxygen atoms in total. The Morgan fingerprint density at radius 1 is 0.652 bits per heavy atom. The summed E-state index contributed by atoms with van der Waals surface area (Å²) in [7, 11) is 3.05. The van der Waals surface area contributed by atoms with Gasteiger partial charge in [0.25, 0.3) is 11.8 Å². The minimum atomic E-state index is -0.563. The summed E-state index contributed by atoms with van der Waals surface area (Å²) < 4.78 is 10.8. The standard InChI is InChI=1S/C39H32N2O5/c1-45-34-22-24-37(46-2)32(25-34)26-35(41-38(43)31-11-7-4-8-12-31)39(44)40-33-20-18-30(19-21-33)36(42)23-15-27-13-16-29(17-14-27)28-9-5-3-6-10-28/h3-26H,1-2H3,(H,40,44)(H,41,43)/b23-15+,35-26-. The Labute approximate surface area is 267 Å². The predicted molar refractivity (Wildman–Crippen MR) is 182 cm³/mol. The molecule has 46 heavy (non-hydrogen) atoms. The maximum Gasteiger partial charge on any atom is 0.272 e. The molecule has 0 spiro atoms. The molecule has 5 aromatic carbocycles. The first-order chi connectivity index (χ1) is 22.4. The van der Waals surface area contributed by atoms with Crippen LogP contribution in [0.4, 0.5) is 5.69 Å². The van der Waals surface area contributed by atoms with E-state index in [0.29, 0.717) is 33.9 Å². The number of carbonyl (C=O) groups is 3. The fourth-order valence-electron chi connectivity index (χ4n) is 4.65. The molecule has 228 valence electrons. The second-order valence-corrected chi connectivity index (χ2v) is 10.2. The first-order valence-corrected chi connectivity index (χ1v) is 14.5. The number of nitrogens with one attached hydrogen (secondary N) is 2. The van der Waals surface area contributed by atoms with Crippen molar-refractivity contribution >= 4 is 35.4 Å². The molecule has 0 heterocycles. The second kappa shape index (κ2) is 15.0. The Balaban J connectivity index is 1.30. The Morgan fingerprint density at radius 2 is 1.30 bits per heavy atom. The second-order valence-electron chi connectivity index (χ2n) is 10.2. The molecule has 0 aliphatic carbocycles. The van der Waals surface area contributed by atoms with Crippen LogP contribution in [0.1, 0.15) is 31.8 Å². The number of allylic oxidation sites excluding steroid dienone is 1. The van der Waals surface area contributed by atoms with Crippen molar-refractivity contribution in [3.63, 3.8) is 0 Å².